The number of hydrogen-bond acceptors (Lipinski definition) is 5. The molecule has 1 aromatic rings. The topological polar surface area (TPSA) is 54.0 Å². The summed E-state index contributed by atoms with van der Waals surface area (Å²) < 4.78 is 20.3. The average Bonchev–Trinajstić information content (AvgIpc) is 2.67. The van der Waals surface area contributed by atoms with Crippen LogP contribution in [0.1, 0.15) is 104 Å². The van der Waals surface area contributed by atoms with Crippen molar-refractivity contribution in [2.45, 2.75) is 104 Å². The van der Waals surface area contributed by atoms with Gasteiger partial charge in [0.1, 0.15) is 6.61 Å². The van der Waals surface area contributed by atoms with Crippen molar-refractivity contribution in [3.8, 4) is 0 Å². The van der Waals surface area contributed by atoms with Crippen LogP contribution < -0.4 is 0 Å². The number of benzene rings is 1. The summed E-state index contributed by atoms with van der Waals surface area (Å²) in [4.78, 5) is 12.0. The normalized spacial score (nSPS) is 10.9. The number of rotatable bonds is 12. The van der Waals surface area contributed by atoms with Crippen LogP contribution in [0, 0.1) is 5.41 Å². The molecule has 0 aliphatic rings. The van der Waals surface area contributed by atoms with Crippen LogP contribution in [-0.4, -0.2) is 52.7 Å². The molecular weight excluding hydrogens is 428 g/mol. The molecule has 5 heteroatoms. The van der Waals surface area contributed by atoms with E-state index in [-0.39, 0.29) is 56.6 Å². The Balaban J connectivity index is -0.0000000857. The Morgan fingerprint density at radius 1 is 0.853 bits per heavy atom. The molecule has 0 saturated carbocycles. The predicted molar refractivity (Wildman–Crippen MR) is 154 cm³/mol. The van der Waals surface area contributed by atoms with Crippen molar-refractivity contribution < 1.29 is 23.7 Å². The van der Waals surface area contributed by atoms with E-state index in [1.54, 1.807) is 14.2 Å². The molecule has 0 aromatic heterocycles. The quantitative estimate of drug-likeness (QED) is 0.216. The van der Waals surface area contributed by atoms with Crippen molar-refractivity contribution in [1.82, 2.24) is 0 Å². The molecule has 0 heterocycles. The lowest BCUT2D eigenvalue weighted by Gasteiger charge is -2.26. The molecule has 1 rings (SSSR count). The summed E-state index contributed by atoms with van der Waals surface area (Å²) in [6.07, 6.45) is 2.09. The Bertz CT molecular complexity index is 503. The maximum absolute atomic E-state index is 12.0. The van der Waals surface area contributed by atoms with Crippen LogP contribution in [0.15, 0.2) is 30.3 Å². The summed E-state index contributed by atoms with van der Waals surface area (Å²) in [7, 11) is 3.28. The van der Waals surface area contributed by atoms with E-state index in [2.05, 4.69) is 26.0 Å². The van der Waals surface area contributed by atoms with E-state index in [0.29, 0.717) is 25.7 Å². The summed E-state index contributed by atoms with van der Waals surface area (Å²) in [5, 5.41) is 0. The van der Waals surface area contributed by atoms with E-state index in [1.807, 2.05) is 39.0 Å². The zero-order chi connectivity index (χ0) is 21.4. The molecule has 210 valence electrons. The monoisotopic (exact) mass is 492 g/mol. The SMILES string of the molecule is C.C.C.C.C.C.CCCOC(C)COC.COCCOC(=O)C(C)(C)CC(C)c1ccccc1. The number of esters is 1. The first-order chi connectivity index (χ1) is 13.3. The number of ether oxygens (including phenoxy) is 4. The molecule has 0 N–H and O–H groups in total. The van der Waals surface area contributed by atoms with E-state index in [4.69, 9.17) is 18.9 Å². The lowest BCUT2D eigenvalue weighted by atomic mass is 9.81. The third kappa shape index (κ3) is 23.7. The first kappa shape index (κ1) is 49.6. The minimum absolute atomic E-state index is 0. The molecule has 0 bridgehead atoms. The maximum atomic E-state index is 12.0. The first-order valence-corrected chi connectivity index (χ1v) is 10.1. The highest BCUT2D eigenvalue weighted by Gasteiger charge is 2.31. The largest absolute Gasteiger partial charge is 0.463 e. The Hall–Kier alpha value is -1.43. The van der Waals surface area contributed by atoms with Gasteiger partial charge >= 0.3 is 5.97 Å². The summed E-state index contributed by atoms with van der Waals surface area (Å²) in [5.74, 6) is 0.165. The molecule has 0 spiro atoms. The lowest BCUT2D eigenvalue weighted by Crippen LogP contribution is -2.29. The molecular formula is C29H64O5. The summed E-state index contributed by atoms with van der Waals surface area (Å²) in [6, 6.07) is 10.2. The summed E-state index contributed by atoms with van der Waals surface area (Å²) in [5.41, 5.74) is 0.767. The van der Waals surface area contributed by atoms with Gasteiger partial charge < -0.3 is 18.9 Å². The molecule has 2 unspecified atom stereocenters. The third-order valence-corrected chi connectivity index (χ3v) is 4.27. The minimum Gasteiger partial charge on any atom is -0.463 e. The van der Waals surface area contributed by atoms with Crippen molar-refractivity contribution in [2.24, 2.45) is 5.41 Å². The van der Waals surface area contributed by atoms with E-state index >= 15 is 0 Å². The van der Waals surface area contributed by atoms with Gasteiger partial charge in [-0.3, -0.25) is 4.79 Å². The van der Waals surface area contributed by atoms with E-state index in [1.165, 1.54) is 5.56 Å². The van der Waals surface area contributed by atoms with Gasteiger partial charge in [0.15, 0.2) is 0 Å². The van der Waals surface area contributed by atoms with Crippen molar-refractivity contribution in [3.05, 3.63) is 35.9 Å². The highest BCUT2D eigenvalue weighted by molar-refractivity contribution is 5.76. The molecule has 5 nitrogen and oxygen atoms in total. The van der Waals surface area contributed by atoms with Gasteiger partial charge in [-0.2, -0.15) is 0 Å². The molecule has 0 saturated heterocycles. The van der Waals surface area contributed by atoms with Gasteiger partial charge in [0.05, 0.1) is 24.7 Å². The molecule has 0 aliphatic carbocycles. The average molecular weight is 493 g/mol. The predicted octanol–water partition coefficient (Wildman–Crippen LogP) is 8.66. The second-order valence-corrected chi connectivity index (χ2v) is 7.67. The molecule has 0 aliphatic heterocycles. The van der Waals surface area contributed by atoms with Crippen molar-refractivity contribution in [2.75, 3.05) is 40.6 Å². The smallest absolute Gasteiger partial charge is 0.311 e. The highest BCUT2D eigenvalue weighted by Crippen LogP contribution is 2.32. The zero-order valence-electron chi connectivity index (χ0n) is 18.8. The first-order valence-electron chi connectivity index (χ1n) is 10.1. The standard InChI is InChI=1S/C16H24O3.C7H16O2.6CH4/c1-13(14-8-6-5-7-9-14)12-16(2,3)15(17)19-11-10-18-4;1-4-5-9-7(2)6-8-3;;;;;;/h5-9,13H,10-12H2,1-4H3;7H,4-6H2,1-3H3;6*1H4. The Morgan fingerprint density at radius 2 is 1.38 bits per heavy atom. The Morgan fingerprint density at radius 3 is 1.82 bits per heavy atom. The number of carbonyl (C=O) groups is 1. The summed E-state index contributed by atoms with van der Waals surface area (Å²) >= 11 is 0. The molecule has 0 fully saturated rings. The van der Waals surface area contributed by atoms with Gasteiger partial charge in [0.2, 0.25) is 0 Å². The van der Waals surface area contributed by atoms with E-state index < -0.39 is 5.41 Å². The fraction of sp³-hybridized carbons (Fsp3) is 0.759. The second kappa shape index (κ2) is 29.6. The van der Waals surface area contributed by atoms with Crippen LogP contribution in [-0.2, 0) is 23.7 Å². The fourth-order valence-electron chi connectivity index (χ4n) is 2.76. The molecule has 1 aromatic carbocycles. The molecule has 0 amide bonds. The minimum atomic E-state index is -0.483. The van der Waals surface area contributed by atoms with Gasteiger partial charge in [-0.1, -0.05) is 88.7 Å². The summed E-state index contributed by atoms with van der Waals surface area (Å²) in [6.45, 7) is 12.4. The van der Waals surface area contributed by atoms with Crippen LogP contribution in [0.3, 0.4) is 0 Å². The van der Waals surface area contributed by atoms with Crippen molar-refractivity contribution in [3.63, 3.8) is 0 Å². The molecule has 0 radical (unpaired) electrons. The van der Waals surface area contributed by atoms with Crippen molar-refractivity contribution in [1.29, 1.82) is 0 Å². The molecule has 2 atom stereocenters. The van der Waals surface area contributed by atoms with Crippen LogP contribution in [0.2, 0.25) is 0 Å². The van der Waals surface area contributed by atoms with E-state index in [9.17, 15) is 4.79 Å². The fourth-order valence-corrected chi connectivity index (χ4v) is 2.76. The number of hydrogen-bond donors (Lipinski definition) is 0. The van der Waals surface area contributed by atoms with Gasteiger partial charge in [-0.15, -0.1) is 0 Å². The van der Waals surface area contributed by atoms with Crippen LogP contribution in [0.4, 0.5) is 0 Å². The van der Waals surface area contributed by atoms with Crippen LogP contribution >= 0.6 is 0 Å². The Labute approximate surface area is 215 Å². The van der Waals surface area contributed by atoms with Gasteiger partial charge in [-0.05, 0) is 45.1 Å². The number of carbonyl (C=O) groups excluding carboxylic acids is 1. The van der Waals surface area contributed by atoms with E-state index in [0.717, 1.165) is 19.4 Å². The highest BCUT2D eigenvalue weighted by atomic mass is 16.6. The maximum Gasteiger partial charge on any atom is 0.311 e. The third-order valence-electron chi connectivity index (χ3n) is 4.27. The van der Waals surface area contributed by atoms with Gasteiger partial charge in [0, 0.05) is 20.8 Å². The molecule has 34 heavy (non-hydrogen) atoms. The number of methoxy groups -OCH3 is 2. The van der Waals surface area contributed by atoms with Crippen molar-refractivity contribution >= 4 is 5.97 Å². The Kier molecular flexibility index (Phi) is 43.2. The second-order valence-electron chi connectivity index (χ2n) is 7.67. The van der Waals surface area contributed by atoms with Gasteiger partial charge in [-0.25, -0.2) is 0 Å². The lowest BCUT2D eigenvalue weighted by molar-refractivity contribution is -0.155. The zero-order valence-corrected chi connectivity index (χ0v) is 18.8. The van der Waals surface area contributed by atoms with Gasteiger partial charge in [0.25, 0.3) is 0 Å². The van der Waals surface area contributed by atoms with Crippen LogP contribution in [0.25, 0.3) is 0 Å². The van der Waals surface area contributed by atoms with Crippen LogP contribution in [0.5, 0.6) is 0 Å².